The molecule has 9 nitrogen and oxygen atoms in total. The van der Waals surface area contributed by atoms with E-state index in [1.807, 2.05) is 30.3 Å². The Labute approximate surface area is 224 Å². The van der Waals surface area contributed by atoms with Crippen LogP contribution >= 0.6 is 0 Å². The number of sulfonamides is 1. The van der Waals surface area contributed by atoms with Gasteiger partial charge in [-0.2, -0.15) is 5.10 Å². The SMILES string of the molecule is O=C(COc1ccc(Oc2ccccc2)cc1)Cn1ncc2cc(C(=O)NS(=O)(=O)c3ccccc3)ccc21. The van der Waals surface area contributed by atoms with Crippen LogP contribution in [0.3, 0.4) is 0 Å². The number of benzene rings is 4. The number of Topliss-reactive ketones (excluding diaryl/α,β-unsaturated/α-hetero) is 1. The first-order chi connectivity index (χ1) is 18.9. The van der Waals surface area contributed by atoms with E-state index in [0.29, 0.717) is 22.4 Å². The summed E-state index contributed by atoms with van der Waals surface area (Å²) in [5.41, 5.74) is 0.768. The monoisotopic (exact) mass is 541 g/mol. The molecule has 0 spiro atoms. The van der Waals surface area contributed by atoms with E-state index < -0.39 is 15.9 Å². The zero-order valence-corrected chi connectivity index (χ0v) is 21.4. The maximum absolute atomic E-state index is 12.6. The van der Waals surface area contributed by atoms with Crippen LogP contribution in [-0.4, -0.2) is 36.5 Å². The van der Waals surface area contributed by atoms with Crippen molar-refractivity contribution in [1.29, 1.82) is 0 Å². The molecule has 4 aromatic carbocycles. The van der Waals surface area contributed by atoms with E-state index in [1.54, 1.807) is 48.5 Å². The van der Waals surface area contributed by atoms with Crippen LogP contribution in [0.2, 0.25) is 0 Å². The van der Waals surface area contributed by atoms with Gasteiger partial charge in [0.2, 0.25) is 0 Å². The van der Waals surface area contributed by atoms with Crippen LogP contribution in [0.25, 0.3) is 10.9 Å². The number of ketones is 1. The fourth-order valence-corrected chi connectivity index (χ4v) is 4.79. The minimum absolute atomic E-state index is 0.00978. The average Bonchev–Trinajstić information content (AvgIpc) is 3.35. The van der Waals surface area contributed by atoms with Crippen LogP contribution in [0.4, 0.5) is 0 Å². The molecule has 0 unspecified atom stereocenters. The average molecular weight is 542 g/mol. The molecule has 0 aliphatic carbocycles. The smallest absolute Gasteiger partial charge is 0.265 e. The lowest BCUT2D eigenvalue weighted by Gasteiger charge is -2.09. The predicted molar refractivity (Wildman–Crippen MR) is 144 cm³/mol. The van der Waals surface area contributed by atoms with Crippen molar-refractivity contribution in [3.63, 3.8) is 0 Å². The number of carbonyl (C=O) groups excluding carboxylic acids is 2. The molecular weight excluding hydrogens is 518 g/mol. The van der Waals surface area contributed by atoms with E-state index in [1.165, 1.54) is 35.1 Å². The van der Waals surface area contributed by atoms with Gasteiger partial charge in [0.25, 0.3) is 15.9 Å². The molecule has 0 radical (unpaired) electrons. The maximum Gasteiger partial charge on any atom is 0.265 e. The Morgan fingerprint density at radius 3 is 2.15 bits per heavy atom. The van der Waals surface area contributed by atoms with Crippen molar-refractivity contribution in [3.05, 3.63) is 115 Å². The lowest BCUT2D eigenvalue weighted by molar-refractivity contribution is -0.121. The molecule has 0 fully saturated rings. The van der Waals surface area contributed by atoms with Gasteiger partial charge in [-0.25, -0.2) is 13.1 Å². The second kappa shape index (κ2) is 11.2. The highest BCUT2D eigenvalue weighted by Gasteiger charge is 2.19. The number of aromatic nitrogens is 2. The van der Waals surface area contributed by atoms with Gasteiger partial charge in [-0.15, -0.1) is 0 Å². The fraction of sp³-hybridized carbons (Fsp3) is 0.0690. The normalized spacial score (nSPS) is 11.2. The van der Waals surface area contributed by atoms with Crippen molar-refractivity contribution in [2.45, 2.75) is 11.4 Å². The highest BCUT2D eigenvalue weighted by Crippen LogP contribution is 2.23. The summed E-state index contributed by atoms with van der Waals surface area (Å²) in [6.45, 7) is -0.190. The highest BCUT2D eigenvalue weighted by atomic mass is 32.2. The summed E-state index contributed by atoms with van der Waals surface area (Å²) < 4.78 is 39.8. The van der Waals surface area contributed by atoms with Crippen molar-refractivity contribution in [3.8, 4) is 17.2 Å². The predicted octanol–water partition coefficient (Wildman–Crippen LogP) is 4.60. The summed E-state index contributed by atoms with van der Waals surface area (Å²) in [7, 11) is -4.00. The standard InChI is InChI=1S/C29H23N3O6S/c33-23(20-37-24-12-14-26(15-13-24)38-25-7-3-1-4-8-25)19-32-28-16-11-21(17-22(28)18-30-32)29(34)31-39(35,36)27-9-5-2-6-10-27/h1-18H,19-20H2,(H,31,34). The molecule has 0 aliphatic rings. The molecule has 0 bridgehead atoms. The number of carbonyl (C=O) groups is 2. The number of nitrogens with zero attached hydrogens (tertiary/aromatic N) is 2. The number of nitrogens with one attached hydrogen (secondary N) is 1. The Morgan fingerprint density at radius 2 is 1.44 bits per heavy atom. The summed E-state index contributed by atoms with van der Waals surface area (Å²) in [4.78, 5) is 25.1. The Morgan fingerprint density at radius 1 is 0.795 bits per heavy atom. The van der Waals surface area contributed by atoms with Crippen molar-refractivity contribution >= 4 is 32.6 Å². The minimum Gasteiger partial charge on any atom is -0.486 e. The Bertz CT molecular complexity index is 1720. The van der Waals surface area contributed by atoms with E-state index in [-0.39, 0.29) is 29.4 Å². The molecule has 10 heteroatoms. The van der Waals surface area contributed by atoms with Crippen molar-refractivity contribution < 1.29 is 27.5 Å². The maximum atomic E-state index is 12.6. The first-order valence-corrected chi connectivity index (χ1v) is 13.4. The second-order valence-electron chi connectivity index (χ2n) is 8.54. The summed E-state index contributed by atoms with van der Waals surface area (Å²) in [5.74, 6) is 0.917. The molecule has 0 saturated heterocycles. The topological polar surface area (TPSA) is 117 Å². The fourth-order valence-electron chi connectivity index (χ4n) is 3.80. The molecule has 0 atom stereocenters. The molecule has 1 heterocycles. The number of amides is 1. The summed E-state index contributed by atoms with van der Waals surface area (Å²) >= 11 is 0. The number of fused-ring (bicyclic) bond motifs is 1. The third-order valence-corrected chi connectivity index (χ3v) is 7.06. The molecule has 5 aromatic rings. The molecule has 1 N–H and O–H groups in total. The number of hydrogen-bond acceptors (Lipinski definition) is 7. The zero-order chi connectivity index (χ0) is 27.2. The number of para-hydroxylation sites is 1. The van der Waals surface area contributed by atoms with Gasteiger partial charge in [0.05, 0.1) is 16.6 Å². The largest absolute Gasteiger partial charge is 0.486 e. The third kappa shape index (κ3) is 6.31. The molecule has 39 heavy (non-hydrogen) atoms. The van der Waals surface area contributed by atoms with Crippen molar-refractivity contribution in [1.82, 2.24) is 14.5 Å². The molecular formula is C29H23N3O6S. The lowest BCUT2D eigenvalue weighted by Crippen LogP contribution is -2.30. The molecule has 0 saturated carbocycles. The quantitative estimate of drug-likeness (QED) is 0.275. The lowest BCUT2D eigenvalue weighted by atomic mass is 10.1. The molecule has 196 valence electrons. The first kappa shape index (κ1) is 25.7. The van der Waals surface area contributed by atoms with Gasteiger partial charge in [-0.1, -0.05) is 36.4 Å². The van der Waals surface area contributed by atoms with Crippen LogP contribution in [0.5, 0.6) is 17.2 Å². The van der Waals surface area contributed by atoms with E-state index in [9.17, 15) is 18.0 Å². The summed E-state index contributed by atoms with van der Waals surface area (Å²) in [6, 6.07) is 28.6. The van der Waals surface area contributed by atoms with Crippen LogP contribution in [0, 0.1) is 0 Å². The second-order valence-corrected chi connectivity index (χ2v) is 10.2. The van der Waals surface area contributed by atoms with Gasteiger partial charge >= 0.3 is 0 Å². The number of rotatable bonds is 10. The van der Waals surface area contributed by atoms with Crippen molar-refractivity contribution in [2.75, 3.05) is 6.61 Å². The minimum atomic E-state index is -4.00. The van der Waals surface area contributed by atoms with E-state index in [4.69, 9.17) is 9.47 Å². The summed E-state index contributed by atoms with van der Waals surface area (Å²) in [5, 5.41) is 4.82. The van der Waals surface area contributed by atoms with Gasteiger partial charge in [-0.3, -0.25) is 14.3 Å². The first-order valence-electron chi connectivity index (χ1n) is 11.9. The number of hydrogen-bond donors (Lipinski definition) is 1. The van der Waals surface area contributed by atoms with Gasteiger partial charge in [0, 0.05) is 10.9 Å². The van der Waals surface area contributed by atoms with Crippen LogP contribution in [0.15, 0.2) is 114 Å². The van der Waals surface area contributed by atoms with E-state index in [2.05, 4.69) is 9.82 Å². The van der Waals surface area contributed by atoms with Crippen LogP contribution < -0.4 is 14.2 Å². The molecule has 0 aliphatic heterocycles. The van der Waals surface area contributed by atoms with Gasteiger partial charge in [-0.05, 0) is 66.7 Å². The van der Waals surface area contributed by atoms with Crippen LogP contribution in [-0.2, 0) is 21.4 Å². The Kier molecular flexibility index (Phi) is 7.37. The van der Waals surface area contributed by atoms with Crippen LogP contribution in [0.1, 0.15) is 10.4 Å². The number of ether oxygens (including phenoxy) is 2. The van der Waals surface area contributed by atoms with Gasteiger partial charge < -0.3 is 9.47 Å². The summed E-state index contributed by atoms with van der Waals surface area (Å²) in [6.07, 6.45) is 1.51. The van der Waals surface area contributed by atoms with E-state index >= 15 is 0 Å². The van der Waals surface area contributed by atoms with E-state index in [0.717, 1.165) is 5.75 Å². The zero-order valence-electron chi connectivity index (χ0n) is 20.6. The van der Waals surface area contributed by atoms with Gasteiger partial charge in [0.1, 0.15) is 30.4 Å². The molecule has 1 aromatic heterocycles. The van der Waals surface area contributed by atoms with Crippen molar-refractivity contribution in [2.24, 2.45) is 0 Å². The Balaban J connectivity index is 1.18. The molecule has 5 rings (SSSR count). The molecule has 1 amide bonds. The van der Waals surface area contributed by atoms with Gasteiger partial charge in [0.15, 0.2) is 5.78 Å². The third-order valence-electron chi connectivity index (χ3n) is 5.71. The Hall–Kier alpha value is -4.96. The highest BCUT2D eigenvalue weighted by molar-refractivity contribution is 7.90.